The Morgan fingerprint density at radius 1 is 1.11 bits per heavy atom. The Hall–Kier alpha value is -2.73. The highest BCUT2D eigenvalue weighted by Crippen LogP contribution is 2.31. The Balaban J connectivity index is 1.48. The summed E-state index contributed by atoms with van der Waals surface area (Å²) in [6, 6.07) is 15.6. The number of nitrogens with one attached hydrogen (secondary N) is 1. The van der Waals surface area contributed by atoms with Crippen molar-refractivity contribution in [3.05, 3.63) is 59.7 Å². The van der Waals surface area contributed by atoms with E-state index >= 15 is 0 Å². The van der Waals surface area contributed by atoms with Crippen LogP contribution in [0.25, 0.3) is 0 Å². The lowest BCUT2D eigenvalue weighted by Gasteiger charge is -2.31. The number of carbonyl (C=O) groups is 1. The van der Waals surface area contributed by atoms with Crippen molar-refractivity contribution in [3.8, 4) is 11.5 Å². The van der Waals surface area contributed by atoms with Crippen molar-refractivity contribution >= 4 is 6.03 Å². The van der Waals surface area contributed by atoms with Gasteiger partial charge in [0.1, 0.15) is 6.61 Å². The zero-order valence-electron chi connectivity index (χ0n) is 16.5. The van der Waals surface area contributed by atoms with Gasteiger partial charge in [-0.3, -0.25) is 0 Å². The smallest absolute Gasteiger partial charge is 0.317 e. The summed E-state index contributed by atoms with van der Waals surface area (Å²) < 4.78 is 17.1. The number of fused-ring (bicyclic) bond motifs is 1. The topological polar surface area (TPSA) is 60.0 Å². The number of para-hydroxylation sites is 2. The molecule has 1 aliphatic heterocycles. The molecule has 2 amide bonds. The van der Waals surface area contributed by atoms with Crippen molar-refractivity contribution in [2.24, 2.45) is 0 Å². The van der Waals surface area contributed by atoms with Gasteiger partial charge >= 0.3 is 6.03 Å². The van der Waals surface area contributed by atoms with E-state index in [-0.39, 0.29) is 12.1 Å². The highest BCUT2D eigenvalue weighted by molar-refractivity contribution is 5.74. The second kappa shape index (κ2) is 9.99. The van der Waals surface area contributed by atoms with Crippen LogP contribution in [0, 0.1) is 0 Å². The Labute approximate surface area is 166 Å². The molecular weight excluding hydrogens is 356 g/mol. The molecule has 0 aromatic heterocycles. The number of carbonyl (C=O) groups excluding carboxylic acids is 1. The third kappa shape index (κ3) is 5.39. The van der Waals surface area contributed by atoms with Crippen LogP contribution in [0.15, 0.2) is 48.5 Å². The Morgan fingerprint density at radius 3 is 2.54 bits per heavy atom. The van der Waals surface area contributed by atoms with Gasteiger partial charge in [-0.15, -0.1) is 0 Å². The van der Waals surface area contributed by atoms with E-state index in [0.717, 1.165) is 22.6 Å². The minimum atomic E-state index is -0.182. The van der Waals surface area contributed by atoms with Gasteiger partial charge in [0.05, 0.1) is 13.2 Å². The average molecular weight is 384 g/mol. The van der Waals surface area contributed by atoms with Gasteiger partial charge in [0, 0.05) is 19.7 Å². The monoisotopic (exact) mass is 384 g/mol. The van der Waals surface area contributed by atoms with Crippen LogP contribution in [-0.4, -0.2) is 43.3 Å². The highest BCUT2D eigenvalue weighted by Gasteiger charge is 2.24. The predicted octanol–water partition coefficient (Wildman–Crippen LogP) is 3.59. The molecule has 2 aromatic carbocycles. The van der Waals surface area contributed by atoms with E-state index in [2.05, 4.69) is 5.32 Å². The fourth-order valence-corrected chi connectivity index (χ4v) is 3.02. The molecule has 1 heterocycles. The Kier molecular flexibility index (Phi) is 7.14. The molecule has 0 aliphatic carbocycles. The van der Waals surface area contributed by atoms with Crippen LogP contribution in [0.4, 0.5) is 4.79 Å². The summed E-state index contributed by atoms with van der Waals surface area (Å²) in [5.74, 6) is 1.47. The van der Waals surface area contributed by atoms with Crippen LogP contribution >= 0.6 is 0 Å². The zero-order chi connectivity index (χ0) is 19.8. The van der Waals surface area contributed by atoms with Crippen LogP contribution in [0.1, 0.15) is 25.0 Å². The summed E-state index contributed by atoms with van der Waals surface area (Å²) in [6.45, 7) is 7.24. The van der Waals surface area contributed by atoms with Crippen molar-refractivity contribution in [3.63, 3.8) is 0 Å². The van der Waals surface area contributed by atoms with Crippen molar-refractivity contribution in [2.45, 2.75) is 33.1 Å². The molecule has 150 valence electrons. The number of urea groups is 1. The first kappa shape index (κ1) is 20.0. The first-order chi connectivity index (χ1) is 13.7. The number of benzene rings is 2. The summed E-state index contributed by atoms with van der Waals surface area (Å²) in [4.78, 5) is 14.3. The van der Waals surface area contributed by atoms with E-state index in [4.69, 9.17) is 14.2 Å². The lowest BCUT2D eigenvalue weighted by molar-refractivity contribution is 0.0675. The second-order valence-electron chi connectivity index (χ2n) is 6.65. The van der Waals surface area contributed by atoms with Gasteiger partial charge in [0.15, 0.2) is 17.6 Å². The fourth-order valence-electron chi connectivity index (χ4n) is 3.02. The zero-order valence-corrected chi connectivity index (χ0v) is 16.5. The number of ether oxygens (including phenoxy) is 3. The predicted molar refractivity (Wildman–Crippen MR) is 108 cm³/mol. The SMILES string of the molecule is CCOCc1ccc(CNC(=O)N(CC)CC2COc3ccccc3O2)cc1. The van der Waals surface area contributed by atoms with Gasteiger partial charge in [-0.25, -0.2) is 4.79 Å². The molecule has 1 aliphatic rings. The molecule has 1 unspecified atom stereocenters. The summed E-state index contributed by atoms with van der Waals surface area (Å²) in [7, 11) is 0. The van der Waals surface area contributed by atoms with Gasteiger partial charge in [0.25, 0.3) is 0 Å². The molecule has 6 heteroatoms. The summed E-state index contributed by atoms with van der Waals surface area (Å²) >= 11 is 0. The molecular formula is C22H28N2O4. The molecule has 0 spiro atoms. The van der Waals surface area contributed by atoms with Crippen LogP contribution in [0.2, 0.25) is 0 Å². The molecule has 0 radical (unpaired) electrons. The molecule has 28 heavy (non-hydrogen) atoms. The molecule has 0 fully saturated rings. The van der Waals surface area contributed by atoms with Crippen LogP contribution in [0.5, 0.6) is 11.5 Å². The van der Waals surface area contributed by atoms with Gasteiger partial charge < -0.3 is 24.4 Å². The van der Waals surface area contributed by atoms with E-state index in [1.807, 2.05) is 62.4 Å². The van der Waals surface area contributed by atoms with Gasteiger partial charge in [-0.05, 0) is 37.1 Å². The summed E-state index contributed by atoms with van der Waals surface area (Å²) in [5.41, 5.74) is 2.18. The van der Waals surface area contributed by atoms with Crippen molar-refractivity contribution < 1.29 is 19.0 Å². The number of likely N-dealkylation sites (N-methyl/N-ethyl adjacent to an activating group) is 1. The third-order valence-corrected chi connectivity index (χ3v) is 4.60. The van der Waals surface area contributed by atoms with E-state index in [1.165, 1.54) is 0 Å². The molecule has 3 rings (SSSR count). The summed E-state index contributed by atoms with van der Waals surface area (Å²) in [5, 5.41) is 2.98. The molecule has 0 saturated carbocycles. The molecule has 6 nitrogen and oxygen atoms in total. The molecule has 1 N–H and O–H groups in total. The quantitative estimate of drug-likeness (QED) is 0.756. The molecule has 2 aromatic rings. The van der Waals surface area contributed by atoms with Gasteiger partial charge in [0.2, 0.25) is 0 Å². The van der Waals surface area contributed by atoms with Gasteiger partial charge in [-0.1, -0.05) is 36.4 Å². The first-order valence-electron chi connectivity index (χ1n) is 9.76. The van der Waals surface area contributed by atoms with Crippen LogP contribution in [-0.2, 0) is 17.9 Å². The second-order valence-corrected chi connectivity index (χ2v) is 6.65. The Bertz CT molecular complexity index is 763. The summed E-state index contributed by atoms with van der Waals surface area (Å²) in [6.07, 6.45) is -0.182. The number of hydrogen-bond acceptors (Lipinski definition) is 4. The maximum Gasteiger partial charge on any atom is 0.317 e. The van der Waals surface area contributed by atoms with Crippen molar-refractivity contribution in [2.75, 3.05) is 26.3 Å². The third-order valence-electron chi connectivity index (χ3n) is 4.60. The van der Waals surface area contributed by atoms with Crippen molar-refractivity contribution in [1.82, 2.24) is 10.2 Å². The largest absolute Gasteiger partial charge is 0.486 e. The van der Waals surface area contributed by atoms with E-state index < -0.39 is 0 Å². The minimum Gasteiger partial charge on any atom is -0.486 e. The van der Waals surface area contributed by atoms with E-state index in [1.54, 1.807) is 4.90 Å². The number of amides is 2. The van der Waals surface area contributed by atoms with E-state index in [0.29, 0.717) is 39.5 Å². The average Bonchev–Trinajstić information content (AvgIpc) is 2.75. The lowest BCUT2D eigenvalue weighted by Crippen LogP contribution is -2.47. The van der Waals surface area contributed by atoms with Crippen LogP contribution < -0.4 is 14.8 Å². The number of nitrogens with zero attached hydrogens (tertiary/aromatic N) is 1. The van der Waals surface area contributed by atoms with Crippen LogP contribution in [0.3, 0.4) is 0 Å². The van der Waals surface area contributed by atoms with Gasteiger partial charge in [-0.2, -0.15) is 0 Å². The standard InChI is InChI=1S/C22H28N2O4/c1-3-24(14-19-16-27-20-7-5-6-8-21(20)28-19)22(25)23-13-17-9-11-18(12-10-17)15-26-4-2/h5-12,19H,3-4,13-16H2,1-2H3,(H,23,25). The fraction of sp³-hybridized carbons (Fsp3) is 0.409. The highest BCUT2D eigenvalue weighted by atomic mass is 16.6. The maximum atomic E-state index is 12.6. The number of rotatable bonds is 8. The molecule has 0 saturated heterocycles. The molecule has 1 atom stereocenters. The molecule has 0 bridgehead atoms. The lowest BCUT2D eigenvalue weighted by atomic mass is 10.1. The minimum absolute atomic E-state index is 0.108. The normalized spacial score (nSPS) is 15.1. The van der Waals surface area contributed by atoms with E-state index in [9.17, 15) is 4.79 Å². The Morgan fingerprint density at radius 2 is 1.82 bits per heavy atom. The van der Waals surface area contributed by atoms with Crippen molar-refractivity contribution in [1.29, 1.82) is 0 Å². The maximum absolute atomic E-state index is 12.6. The first-order valence-corrected chi connectivity index (χ1v) is 9.76. The number of hydrogen-bond donors (Lipinski definition) is 1.